The minimum absolute atomic E-state index is 0.0412. The number of carbonyl (C=O) groups is 2. The maximum atomic E-state index is 12.1. The van der Waals surface area contributed by atoms with Gasteiger partial charge in [-0.05, 0) is 32.9 Å². The molecule has 0 amide bonds. The molecule has 140 valence electrons. The molecule has 10 heteroatoms. The van der Waals surface area contributed by atoms with Crippen molar-refractivity contribution in [2.75, 3.05) is 19.5 Å². The summed E-state index contributed by atoms with van der Waals surface area (Å²) in [7, 11) is -2.64. The summed E-state index contributed by atoms with van der Waals surface area (Å²) in [5.74, 6) is -1.66. The number of carbonyl (C=O) groups excluding carboxylic acids is 2. The van der Waals surface area contributed by atoms with E-state index < -0.39 is 39.7 Å². The van der Waals surface area contributed by atoms with Crippen molar-refractivity contribution in [3.63, 3.8) is 0 Å². The van der Waals surface area contributed by atoms with Crippen LogP contribution in [0.3, 0.4) is 0 Å². The summed E-state index contributed by atoms with van der Waals surface area (Å²) in [5, 5.41) is -0.520. The number of methoxy groups -OCH3 is 1. The van der Waals surface area contributed by atoms with Crippen molar-refractivity contribution in [1.82, 2.24) is 4.98 Å². The molecule has 0 aliphatic rings. The lowest BCUT2D eigenvalue weighted by Gasteiger charge is -2.19. The van der Waals surface area contributed by atoms with E-state index in [4.69, 9.17) is 21.1 Å². The van der Waals surface area contributed by atoms with Crippen molar-refractivity contribution < 1.29 is 32.2 Å². The van der Waals surface area contributed by atoms with Gasteiger partial charge in [-0.2, -0.15) is 0 Å². The lowest BCUT2D eigenvalue weighted by molar-refractivity contribution is -0.157. The Bertz CT molecular complexity index is 741. The van der Waals surface area contributed by atoms with Gasteiger partial charge in [0.2, 0.25) is 0 Å². The number of hydrogen-bond acceptors (Lipinski definition) is 8. The van der Waals surface area contributed by atoms with E-state index in [0.29, 0.717) is 0 Å². The predicted octanol–water partition coefficient (Wildman–Crippen LogP) is 1.79. The Labute approximate surface area is 151 Å². The van der Waals surface area contributed by atoms with Crippen LogP contribution in [-0.4, -0.2) is 50.4 Å². The van der Waals surface area contributed by atoms with E-state index in [9.17, 15) is 18.0 Å². The molecule has 0 bridgehead atoms. The molecule has 8 nitrogen and oxygen atoms in total. The second-order valence-corrected chi connectivity index (χ2v) is 8.37. The Morgan fingerprint density at radius 1 is 1.20 bits per heavy atom. The molecule has 0 radical (unpaired) electrons. The lowest BCUT2D eigenvalue weighted by atomic mass is 10.2. The fourth-order valence-electron chi connectivity index (χ4n) is 1.62. The molecule has 0 aliphatic heterocycles. The molecule has 0 fully saturated rings. The van der Waals surface area contributed by atoms with E-state index in [-0.39, 0.29) is 22.3 Å². The van der Waals surface area contributed by atoms with Crippen LogP contribution < -0.4 is 4.74 Å². The van der Waals surface area contributed by atoms with E-state index in [1.54, 1.807) is 20.8 Å². The monoisotopic (exact) mass is 393 g/mol. The van der Waals surface area contributed by atoms with Crippen molar-refractivity contribution in [2.45, 2.75) is 37.8 Å². The number of aromatic nitrogens is 1. The largest absolute Gasteiger partial charge is 0.479 e. The third-order valence-corrected chi connectivity index (χ3v) is 4.55. The highest BCUT2D eigenvalue weighted by Gasteiger charge is 2.21. The minimum Gasteiger partial charge on any atom is -0.479 e. The van der Waals surface area contributed by atoms with Gasteiger partial charge in [-0.1, -0.05) is 11.6 Å². The highest BCUT2D eigenvalue weighted by Crippen LogP contribution is 2.24. The highest BCUT2D eigenvalue weighted by atomic mass is 35.5. The summed E-state index contributed by atoms with van der Waals surface area (Å²) in [6, 6.07) is 2.47. The fraction of sp³-hybridized carbons (Fsp3) is 0.533. The van der Waals surface area contributed by atoms with Gasteiger partial charge in [-0.3, -0.25) is 4.79 Å². The normalized spacial score (nSPS) is 11.7. The average Bonchev–Trinajstić information content (AvgIpc) is 2.49. The SMILES string of the molecule is COC(=O)CCS(=O)(=O)c1ccc(OCC(=O)OC(C)(C)C)c(Cl)n1. The molecule has 25 heavy (non-hydrogen) atoms. The Morgan fingerprint density at radius 2 is 1.84 bits per heavy atom. The molecular formula is C15H20ClNO7S. The van der Waals surface area contributed by atoms with Gasteiger partial charge in [0.05, 0.1) is 19.3 Å². The zero-order valence-electron chi connectivity index (χ0n) is 14.4. The summed E-state index contributed by atoms with van der Waals surface area (Å²) < 4.78 is 38.9. The molecule has 1 rings (SSSR count). The Kier molecular flexibility index (Phi) is 7.18. The van der Waals surface area contributed by atoms with Gasteiger partial charge in [0, 0.05) is 0 Å². The topological polar surface area (TPSA) is 109 Å². The van der Waals surface area contributed by atoms with Crippen LogP contribution in [0.25, 0.3) is 0 Å². The Balaban J connectivity index is 2.77. The molecule has 0 aliphatic carbocycles. The summed E-state index contributed by atoms with van der Waals surface area (Å²) in [6.07, 6.45) is -0.297. The quantitative estimate of drug-likeness (QED) is 0.509. The molecule has 0 spiro atoms. The predicted molar refractivity (Wildman–Crippen MR) is 89.3 cm³/mol. The van der Waals surface area contributed by atoms with Crippen molar-refractivity contribution in [1.29, 1.82) is 0 Å². The van der Waals surface area contributed by atoms with Crippen molar-refractivity contribution in [2.24, 2.45) is 0 Å². The fourth-order valence-corrected chi connectivity index (χ4v) is 3.03. The zero-order valence-corrected chi connectivity index (χ0v) is 15.9. The van der Waals surface area contributed by atoms with E-state index in [1.807, 2.05) is 0 Å². The van der Waals surface area contributed by atoms with Crippen LogP contribution in [-0.2, 0) is 28.9 Å². The first-order valence-corrected chi connectivity index (χ1v) is 9.28. The van der Waals surface area contributed by atoms with Gasteiger partial charge in [0.25, 0.3) is 0 Å². The number of sulfone groups is 1. The second kappa shape index (κ2) is 8.48. The number of rotatable bonds is 7. The van der Waals surface area contributed by atoms with Gasteiger partial charge >= 0.3 is 11.9 Å². The van der Waals surface area contributed by atoms with Crippen LogP contribution in [0.4, 0.5) is 0 Å². The number of pyridine rings is 1. The third kappa shape index (κ3) is 7.27. The smallest absolute Gasteiger partial charge is 0.344 e. The molecule has 0 atom stereocenters. The number of esters is 2. The van der Waals surface area contributed by atoms with Gasteiger partial charge in [0.1, 0.15) is 5.60 Å². The van der Waals surface area contributed by atoms with Crippen LogP contribution in [0.5, 0.6) is 5.75 Å². The first-order valence-electron chi connectivity index (χ1n) is 7.25. The number of hydrogen-bond donors (Lipinski definition) is 0. The Morgan fingerprint density at radius 3 is 2.36 bits per heavy atom. The summed E-state index contributed by atoms with van der Waals surface area (Å²) in [4.78, 5) is 26.4. The first kappa shape index (κ1) is 21.2. The minimum atomic E-state index is -3.80. The van der Waals surface area contributed by atoms with Gasteiger partial charge in [-0.15, -0.1) is 0 Å². The maximum absolute atomic E-state index is 12.1. The van der Waals surface area contributed by atoms with Crippen LogP contribution >= 0.6 is 11.6 Å². The van der Waals surface area contributed by atoms with Gasteiger partial charge in [0.15, 0.2) is 32.4 Å². The molecule has 1 heterocycles. The van der Waals surface area contributed by atoms with Gasteiger partial charge in [-0.25, -0.2) is 18.2 Å². The lowest BCUT2D eigenvalue weighted by Crippen LogP contribution is -2.27. The second-order valence-electron chi connectivity index (χ2n) is 5.96. The average molecular weight is 394 g/mol. The first-order chi connectivity index (χ1) is 11.4. The number of nitrogens with zero attached hydrogens (tertiary/aromatic N) is 1. The van der Waals surface area contributed by atoms with Crippen LogP contribution in [0.2, 0.25) is 5.15 Å². The summed E-state index contributed by atoms with van der Waals surface area (Å²) >= 11 is 5.90. The van der Waals surface area contributed by atoms with Crippen LogP contribution in [0.1, 0.15) is 27.2 Å². The van der Waals surface area contributed by atoms with E-state index in [0.717, 1.165) is 0 Å². The highest BCUT2D eigenvalue weighted by molar-refractivity contribution is 7.91. The van der Waals surface area contributed by atoms with Crippen LogP contribution in [0, 0.1) is 0 Å². The van der Waals surface area contributed by atoms with Crippen LogP contribution in [0.15, 0.2) is 17.2 Å². The summed E-state index contributed by atoms with van der Waals surface area (Å²) in [5.41, 5.74) is -0.653. The zero-order chi connectivity index (χ0) is 19.3. The van der Waals surface area contributed by atoms with Crippen molar-refractivity contribution >= 4 is 33.4 Å². The molecule has 0 unspecified atom stereocenters. The van der Waals surface area contributed by atoms with Crippen molar-refractivity contribution in [3.8, 4) is 5.75 Å². The van der Waals surface area contributed by atoms with E-state index in [1.165, 1.54) is 19.2 Å². The van der Waals surface area contributed by atoms with Gasteiger partial charge < -0.3 is 14.2 Å². The molecule has 0 N–H and O–H groups in total. The molecule has 1 aromatic rings. The van der Waals surface area contributed by atoms with E-state index >= 15 is 0 Å². The standard InChI is InChI=1S/C15H20ClNO7S/c1-15(2,3)24-13(19)9-23-10-5-6-11(17-14(10)16)25(20,21)8-7-12(18)22-4/h5-6H,7-9H2,1-4H3. The molecule has 0 saturated carbocycles. The molecule has 0 saturated heterocycles. The maximum Gasteiger partial charge on any atom is 0.344 e. The third-order valence-electron chi connectivity index (χ3n) is 2.68. The molecule has 0 aromatic carbocycles. The summed E-state index contributed by atoms with van der Waals surface area (Å²) in [6.45, 7) is 4.75. The number of halogens is 1. The van der Waals surface area contributed by atoms with Crippen molar-refractivity contribution in [3.05, 3.63) is 17.3 Å². The Hall–Kier alpha value is -1.87. The van der Waals surface area contributed by atoms with E-state index in [2.05, 4.69) is 9.72 Å². The molecular weight excluding hydrogens is 374 g/mol. The number of ether oxygens (including phenoxy) is 3. The molecule has 1 aromatic heterocycles.